The fraction of sp³-hybridized carbons (Fsp3) is 0.300. The maximum absolute atomic E-state index is 12.0. The van der Waals surface area contributed by atoms with Crippen LogP contribution in [0, 0.1) is 0 Å². The third-order valence-electron chi connectivity index (χ3n) is 4.46. The van der Waals surface area contributed by atoms with Gasteiger partial charge >= 0.3 is 5.97 Å². The van der Waals surface area contributed by atoms with E-state index in [9.17, 15) is 19.2 Å². The third-order valence-corrected chi connectivity index (χ3v) is 4.46. The average molecular weight is 368 g/mol. The van der Waals surface area contributed by atoms with E-state index in [-0.39, 0.29) is 18.9 Å². The Morgan fingerprint density at radius 1 is 1.07 bits per heavy atom. The zero-order valence-corrected chi connectivity index (χ0v) is 14.9. The third kappa shape index (κ3) is 4.49. The molecule has 1 heterocycles. The van der Waals surface area contributed by atoms with E-state index in [0.29, 0.717) is 0 Å². The first kappa shape index (κ1) is 18.6. The first-order valence-electron chi connectivity index (χ1n) is 8.71. The predicted octanol–water partition coefficient (Wildman–Crippen LogP) is 1.71. The van der Waals surface area contributed by atoms with E-state index in [1.54, 1.807) is 0 Å². The van der Waals surface area contributed by atoms with Crippen molar-refractivity contribution < 1.29 is 23.9 Å². The second-order valence-corrected chi connectivity index (χ2v) is 6.43. The van der Waals surface area contributed by atoms with Gasteiger partial charge in [0.2, 0.25) is 11.8 Å². The molecule has 1 saturated heterocycles. The van der Waals surface area contributed by atoms with E-state index in [1.165, 1.54) is 0 Å². The fourth-order valence-corrected chi connectivity index (χ4v) is 2.96. The molecule has 2 aromatic rings. The van der Waals surface area contributed by atoms with Gasteiger partial charge in [-0.1, -0.05) is 36.4 Å². The molecule has 3 rings (SSSR count). The van der Waals surface area contributed by atoms with E-state index in [4.69, 9.17) is 4.74 Å². The SMILES string of the molecule is C[C@H](NC(=O)COC(=O)CN1C(=O)CCC1=O)c1ccc2ccccc2c1. The Hall–Kier alpha value is -3.22. The molecule has 7 nitrogen and oxygen atoms in total. The van der Waals surface area contributed by atoms with Gasteiger partial charge in [-0.05, 0) is 29.3 Å². The summed E-state index contributed by atoms with van der Waals surface area (Å²) in [6, 6.07) is 13.6. The largest absolute Gasteiger partial charge is 0.454 e. The number of carbonyl (C=O) groups is 4. The summed E-state index contributed by atoms with van der Waals surface area (Å²) in [5, 5.41) is 4.95. The Labute approximate surface area is 156 Å². The number of hydrogen-bond acceptors (Lipinski definition) is 5. The number of amides is 3. The van der Waals surface area contributed by atoms with Crippen molar-refractivity contribution in [1.82, 2.24) is 10.2 Å². The van der Waals surface area contributed by atoms with Crippen LogP contribution in [0.3, 0.4) is 0 Å². The Balaban J connectivity index is 1.50. The Kier molecular flexibility index (Phi) is 5.49. The van der Waals surface area contributed by atoms with Crippen LogP contribution in [0.2, 0.25) is 0 Å². The van der Waals surface area contributed by atoms with Crippen molar-refractivity contribution in [2.45, 2.75) is 25.8 Å². The van der Waals surface area contributed by atoms with Gasteiger partial charge in [-0.2, -0.15) is 0 Å². The normalized spacial score (nSPS) is 15.1. The number of likely N-dealkylation sites (tertiary alicyclic amines) is 1. The summed E-state index contributed by atoms with van der Waals surface area (Å²) in [7, 11) is 0. The van der Waals surface area contributed by atoms with Crippen molar-refractivity contribution in [1.29, 1.82) is 0 Å². The molecular weight excluding hydrogens is 348 g/mol. The van der Waals surface area contributed by atoms with Crippen LogP contribution in [0.4, 0.5) is 0 Å². The number of esters is 1. The van der Waals surface area contributed by atoms with Crippen LogP contribution in [-0.2, 0) is 23.9 Å². The molecular formula is C20H20N2O5. The summed E-state index contributed by atoms with van der Waals surface area (Å²) in [6.07, 6.45) is 0.214. The number of hydrogen-bond donors (Lipinski definition) is 1. The molecule has 0 bridgehead atoms. The standard InChI is InChI=1S/C20H20N2O5/c1-13(15-7-6-14-4-2-3-5-16(14)10-15)21-17(23)12-27-20(26)11-22-18(24)8-9-19(22)25/h2-7,10,13H,8-9,11-12H2,1H3,(H,21,23)/t13-/m0/s1. The Morgan fingerprint density at radius 2 is 1.74 bits per heavy atom. The molecule has 1 atom stereocenters. The molecule has 0 unspecified atom stereocenters. The molecule has 0 aliphatic carbocycles. The van der Waals surface area contributed by atoms with Crippen LogP contribution < -0.4 is 5.32 Å². The molecule has 7 heteroatoms. The molecule has 1 fully saturated rings. The Morgan fingerprint density at radius 3 is 2.44 bits per heavy atom. The first-order chi connectivity index (χ1) is 12.9. The summed E-state index contributed by atoms with van der Waals surface area (Å²) < 4.78 is 4.87. The van der Waals surface area contributed by atoms with Gasteiger partial charge in [0.05, 0.1) is 6.04 Å². The van der Waals surface area contributed by atoms with Gasteiger partial charge in [0.25, 0.3) is 5.91 Å². The highest BCUT2D eigenvalue weighted by Crippen LogP contribution is 2.20. The summed E-state index contributed by atoms with van der Waals surface area (Å²) in [5.41, 5.74) is 0.932. The average Bonchev–Trinajstić information content (AvgIpc) is 2.98. The van der Waals surface area contributed by atoms with Crippen LogP contribution >= 0.6 is 0 Å². The molecule has 140 valence electrons. The van der Waals surface area contributed by atoms with Gasteiger partial charge in [-0.15, -0.1) is 0 Å². The van der Waals surface area contributed by atoms with Crippen molar-refractivity contribution in [2.75, 3.05) is 13.2 Å². The highest BCUT2D eigenvalue weighted by atomic mass is 16.5. The topological polar surface area (TPSA) is 92.8 Å². The lowest BCUT2D eigenvalue weighted by Gasteiger charge is -2.16. The number of benzene rings is 2. The highest BCUT2D eigenvalue weighted by Gasteiger charge is 2.31. The highest BCUT2D eigenvalue weighted by molar-refractivity contribution is 6.04. The van der Waals surface area contributed by atoms with E-state index in [0.717, 1.165) is 21.2 Å². The molecule has 2 aromatic carbocycles. The molecule has 0 aromatic heterocycles. The van der Waals surface area contributed by atoms with Gasteiger partial charge in [-0.3, -0.25) is 24.1 Å². The predicted molar refractivity (Wildman–Crippen MR) is 97.4 cm³/mol. The number of fused-ring (bicyclic) bond motifs is 1. The number of nitrogens with one attached hydrogen (secondary N) is 1. The monoisotopic (exact) mass is 368 g/mol. The lowest BCUT2D eigenvalue weighted by molar-refractivity contribution is -0.154. The van der Waals surface area contributed by atoms with Crippen LogP contribution in [0.1, 0.15) is 31.4 Å². The van der Waals surface area contributed by atoms with Crippen molar-refractivity contribution in [2.24, 2.45) is 0 Å². The van der Waals surface area contributed by atoms with Crippen LogP contribution in [0.25, 0.3) is 10.8 Å². The van der Waals surface area contributed by atoms with Gasteiger partial charge in [0.15, 0.2) is 6.61 Å². The minimum Gasteiger partial charge on any atom is -0.454 e. The van der Waals surface area contributed by atoms with E-state index in [2.05, 4.69) is 5.32 Å². The number of ether oxygens (including phenoxy) is 1. The summed E-state index contributed by atoms with van der Waals surface area (Å²) >= 11 is 0. The smallest absolute Gasteiger partial charge is 0.326 e. The van der Waals surface area contributed by atoms with Crippen LogP contribution in [-0.4, -0.2) is 41.7 Å². The molecule has 1 aliphatic rings. The summed E-state index contributed by atoms with van der Waals surface area (Å²) in [5.74, 6) is -2.03. The van der Waals surface area contributed by atoms with Gasteiger partial charge in [0.1, 0.15) is 6.54 Å². The van der Waals surface area contributed by atoms with E-state index in [1.807, 2.05) is 49.4 Å². The number of rotatable bonds is 6. The van der Waals surface area contributed by atoms with Gasteiger partial charge < -0.3 is 10.1 Å². The molecule has 0 saturated carbocycles. The molecule has 27 heavy (non-hydrogen) atoms. The maximum atomic E-state index is 12.0. The van der Waals surface area contributed by atoms with Crippen molar-refractivity contribution in [3.05, 3.63) is 48.0 Å². The molecule has 0 spiro atoms. The zero-order chi connectivity index (χ0) is 19.4. The van der Waals surface area contributed by atoms with Crippen LogP contribution in [0.5, 0.6) is 0 Å². The second kappa shape index (κ2) is 7.99. The van der Waals surface area contributed by atoms with Gasteiger partial charge in [-0.25, -0.2) is 0 Å². The second-order valence-electron chi connectivity index (χ2n) is 6.43. The van der Waals surface area contributed by atoms with E-state index < -0.39 is 36.8 Å². The molecule has 1 N–H and O–H groups in total. The van der Waals surface area contributed by atoms with Crippen LogP contribution in [0.15, 0.2) is 42.5 Å². The number of imide groups is 1. The molecule has 3 amide bonds. The lowest BCUT2D eigenvalue weighted by atomic mass is 10.0. The van der Waals surface area contributed by atoms with Crippen molar-refractivity contribution >= 4 is 34.5 Å². The van der Waals surface area contributed by atoms with E-state index >= 15 is 0 Å². The zero-order valence-electron chi connectivity index (χ0n) is 14.9. The quantitative estimate of drug-likeness (QED) is 0.619. The number of carbonyl (C=O) groups excluding carboxylic acids is 4. The fourth-order valence-electron chi connectivity index (χ4n) is 2.96. The van der Waals surface area contributed by atoms with Crippen molar-refractivity contribution in [3.63, 3.8) is 0 Å². The summed E-state index contributed by atoms with van der Waals surface area (Å²) in [6.45, 7) is 0.920. The lowest BCUT2D eigenvalue weighted by Crippen LogP contribution is -2.37. The molecule has 0 radical (unpaired) electrons. The minimum absolute atomic E-state index is 0.107. The minimum atomic E-state index is -0.785. The van der Waals surface area contributed by atoms with Gasteiger partial charge in [0, 0.05) is 12.8 Å². The molecule has 1 aliphatic heterocycles. The number of nitrogens with zero attached hydrogens (tertiary/aromatic N) is 1. The summed E-state index contributed by atoms with van der Waals surface area (Å²) in [4.78, 5) is 47.6. The maximum Gasteiger partial charge on any atom is 0.326 e. The van der Waals surface area contributed by atoms with Crippen molar-refractivity contribution in [3.8, 4) is 0 Å². The Bertz CT molecular complexity index is 892. The first-order valence-corrected chi connectivity index (χ1v) is 8.71.